The van der Waals surface area contributed by atoms with E-state index in [-0.39, 0.29) is 0 Å². The lowest BCUT2D eigenvalue weighted by atomic mass is 10.1. The number of aryl methyl sites for hydroxylation is 1. The van der Waals surface area contributed by atoms with Crippen LogP contribution < -0.4 is 0 Å². The highest BCUT2D eigenvalue weighted by Crippen LogP contribution is 2.22. The Bertz CT molecular complexity index is 498. The van der Waals surface area contributed by atoms with Crippen molar-refractivity contribution in [1.29, 1.82) is 0 Å². The van der Waals surface area contributed by atoms with Crippen LogP contribution in [0.25, 0.3) is 11.5 Å². The van der Waals surface area contributed by atoms with Gasteiger partial charge in [0.25, 0.3) is 0 Å². The van der Waals surface area contributed by atoms with E-state index in [1.165, 1.54) is 0 Å². The van der Waals surface area contributed by atoms with Crippen LogP contribution in [0.3, 0.4) is 0 Å². The molecule has 0 amide bonds. The van der Waals surface area contributed by atoms with Gasteiger partial charge in [-0.3, -0.25) is 0 Å². The van der Waals surface area contributed by atoms with Crippen LogP contribution in [-0.2, 0) is 5.60 Å². The zero-order chi connectivity index (χ0) is 11.8. The van der Waals surface area contributed by atoms with Crippen molar-refractivity contribution in [3.8, 4) is 11.5 Å². The van der Waals surface area contributed by atoms with E-state index in [2.05, 4.69) is 9.97 Å². The van der Waals surface area contributed by atoms with Crippen LogP contribution in [0.1, 0.15) is 25.4 Å². The third-order valence-electron chi connectivity index (χ3n) is 2.20. The molecule has 4 nitrogen and oxygen atoms in total. The molecule has 0 atom stereocenters. The van der Waals surface area contributed by atoms with Gasteiger partial charge in [0.1, 0.15) is 17.1 Å². The molecule has 2 heterocycles. The first kappa shape index (κ1) is 10.8. The van der Waals surface area contributed by atoms with Gasteiger partial charge in [0, 0.05) is 6.20 Å². The molecule has 0 radical (unpaired) electrons. The molecule has 0 bridgehead atoms. The number of furan rings is 1. The molecule has 0 aliphatic heterocycles. The Balaban J connectivity index is 2.44. The third kappa shape index (κ3) is 2.12. The summed E-state index contributed by atoms with van der Waals surface area (Å²) < 4.78 is 5.47. The first-order valence-electron chi connectivity index (χ1n) is 5.09. The topological polar surface area (TPSA) is 59.2 Å². The zero-order valence-corrected chi connectivity index (χ0v) is 9.56. The molecular weight excluding hydrogens is 204 g/mol. The summed E-state index contributed by atoms with van der Waals surface area (Å²) in [6.07, 6.45) is 1.62. The Morgan fingerprint density at radius 2 is 2.00 bits per heavy atom. The summed E-state index contributed by atoms with van der Waals surface area (Å²) in [5, 5.41) is 9.81. The summed E-state index contributed by atoms with van der Waals surface area (Å²) >= 11 is 0. The smallest absolute Gasteiger partial charge is 0.160 e. The fourth-order valence-electron chi connectivity index (χ4n) is 1.36. The minimum Gasteiger partial charge on any atom is -0.460 e. The van der Waals surface area contributed by atoms with Gasteiger partial charge in [0.05, 0.1) is 0 Å². The lowest BCUT2D eigenvalue weighted by Gasteiger charge is -2.15. The van der Waals surface area contributed by atoms with Crippen LogP contribution in [0.15, 0.2) is 28.8 Å². The molecule has 2 aromatic heterocycles. The van der Waals surface area contributed by atoms with E-state index in [1.54, 1.807) is 26.1 Å². The van der Waals surface area contributed by atoms with Gasteiger partial charge in [0.15, 0.2) is 11.6 Å². The molecule has 2 aromatic rings. The fourth-order valence-corrected chi connectivity index (χ4v) is 1.36. The van der Waals surface area contributed by atoms with Gasteiger partial charge in [-0.05, 0) is 39.0 Å². The van der Waals surface area contributed by atoms with Gasteiger partial charge >= 0.3 is 0 Å². The molecule has 0 saturated heterocycles. The lowest BCUT2D eigenvalue weighted by molar-refractivity contribution is 0.0688. The van der Waals surface area contributed by atoms with Crippen LogP contribution in [0.4, 0.5) is 0 Å². The van der Waals surface area contributed by atoms with Crippen molar-refractivity contribution in [3.05, 3.63) is 36.0 Å². The highest BCUT2D eigenvalue weighted by molar-refractivity contribution is 5.51. The van der Waals surface area contributed by atoms with E-state index < -0.39 is 5.60 Å². The van der Waals surface area contributed by atoms with Crippen molar-refractivity contribution >= 4 is 0 Å². The van der Waals surface area contributed by atoms with Crippen molar-refractivity contribution in [2.24, 2.45) is 0 Å². The largest absolute Gasteiger partial charge is 0.460 e. The summed E-state index contributed by atoms with van der Waals surface area (Å²) in [6.45, 7) is 5.18. The molecule has 1 N–H and O–H groups in total. The molecule has 0 aromatic carbocycles. The van der Waals surface area contributed by atoms with E-state index in [0.29, 0.717) is 17.3 Å². The number of aromatic nitrogens is 2. The minimum absolute atomic E-state index is 0.388. The van der Waals surface area contributed by atoms with Crippen LogP contribution in [0.2, 0.25) is 0 Å². The molecule has 0 fully saturated rings. The Morgan fingerprint density at radius 1 is 1.25 bits per heavy atom. The minimum atomic E-state index is -1.04. The van der Waals surface area contributed by atoms with Crippen molar-refractivity contribution in [3.63, 3.8) is 0 Å². The van der Waals surface area contributed by atoms with Gasteiger partial charge < -0.3 is 9.52 Å². The molecule has 4 heteroatoms. The monoisotopic (exact) mass is 218 g/mol. The maximum Gasteiger partial charge on any atom is 0.160 e. The molecule has 2 rings (SSSR count). The SMILES string of the molecule is Cc1ccc(-c2ccnc(C(C)(C)O)n2)o1. The van der Waals surface area contributed by atoms with Gasteiger partial charge in [0.2, 0.25) is 0 Å². The van der Waals surface area contributed by atoms with Crippen molar-refractivity contribution in [2.75, 3.05) is 0 Å². The second kappa shape index (κ2) is 3.72. The molecular formula is C12H14N2O2. The summed E-state index contributed by atoms with van der Waals surface area (Å²) in [7, 11) is 0. The Labute approximate surface area is 94.0 Å². The van der Waals surface area contributed by atoms with Crippen LogP contribution in [0.5, 0.6) is 0 Å². The molecule has 84 valence electrons. The molecule has 0 unspecified atom stereocenters. The van der Waals surface area contributed by atoms with E-state index in [9.17, 15) is 5.11 Å². The van der Waals surface area contributed by atoms with Crippen molar-refractivity contribution in [2.45, 2.75) is 26.4 Å². The highest BCUT2D eigenvalue weighted by Gasteiger charge is 2.20. The number of rotatable bonds is 2. The second-order valence-corrected chi connectivity index (χ2v) is 4.23. The number of aliphatic hydroxyl groups is 1. The molecule has 0 aliphatic carbocycles. The van der Waals surface area contributed by atoms with Gasteiger partial charge in [-0.25, -0.2) is 9.97 Å². The van der Waals surface area contributed by atoms with Crippen LogP contribution >= 0.6 is 0 Å². The average molecular weight is 218 g/mol. The maximum atomic E-state index is 9.81. The van der Waals surface area contributed by atoms with Crippen molar-refractivity contribution < 1.29 is 9.52 Å². The van der Waals surface area contributed by atoms with E-state index in [1.807, 2.05) is 19.1 Å². The predicted molar refractivity (Wildman–Crippen MR) is 59.7 cm³/mol. The number of hydrogen-bond acceptors (Lipinski definition) is 4. The molecule has 0 saturated carbocycles. The van der Waals surface area contributed by atoms with E-state index >= 15 is 0 Å². The maximum absolute atomic E-state index is 9.81. The second-order valence-electron chi connectivity index (χ2n) is 4.23. The van der Waals surface area contributed by atoms with Crippen LogP contribution in [0, 0.1) is 6.92 Å². The summed E-state index contributed by atoms with van der Waals surface area (Å²) in [4.78, 5) is 8.31. The van der Waals surface area contributed by atoms with Crippen LogP contribution in [-0.4, -0.2) is 15.1 Å². The number of nitrogens with zero attached hydrogens (tertiary/aromatic N) is 2. The quantitative estimate of drug-likeness (QED) is 0.840. The zero-order valence-electron chi connectivity index (χ0n) is 9.56. The first-order chi connectivity index (χ1) is 7.47. The summed E-state index contributed by atoms with van der Waals surface area (Å²) in [5.41, 5.74) is -0.363. The predicted octanol–water partition coefficient (Wildman–Crippen LogP) is 2.27. The average Bonchev–Trinajstić information content (AvgIpc) is 2.64. The van der Waals surface area contributed by atoms with Gasteiger partial charge in [-0.15, -0.1) is 0 Å². The highest BCUT2D eigenvalue weighted by atomic mass is 16.3. The Morgan fingerprint density at radius 3 is 2.56 bits per heavy atom. The lowest BCUT2D eigenvalue weighted by Crippen LogP contribution is -2.19. The molecule has 0 spiro atoms. The van der Waals surface area contributed by atoms with Gasteiger partial charge in [-0.2, -0.15) is 0 Å². The fraction of sp³-hybridized carbons (Fsp3) is 0.333. The summed E-state index contributed by atoms with van der Waals surface area (Å²) in [5.74, 6) is 1.91. The van der Waals surface area contributed by atoms with E-state index in [0.717, 1.165) is 5.76 Å². The standard InChI is InChI=1S/C12H14N2O2/c1-8-4-5-10(16-8)9-6-7-13-11(14-9)12(2,3)15/h4-7,15H,1-3H3. The van der Waals surface area contributed by atoms with Crippen molar-refractivity contribution in [1.82, 2.24) is 9.97 Å². The Hall–Kier alpha value is -1.68. The third-order valence-corrected chi connectivity index (χ3v) is 2.20. The normalized spacial score (nSPS) is 11.8. The molecule has 16 heavy (non-hydrogen) atoms. The number of hydrogen-bond donors (Lipinski definition) is 1. The first-order valence-corrected chi connectivity index (χ1v) is 5.09. The molecule has 0 aliphatic rings. The van der Waals surface area contributed by atoms with E-state index in [4.69, 9.17) is 4.42 Å². The summed E-state index contributed by atoms with van der Waals surface area (Å²) in [6, 6.07) is 5.49. The Kier molecular flexibility index (Phi) is 2.52. The van der Waals surface area contributed by atoms with Gasteiger partial charge in [-0.1, -0.05) is 0 Å².